The van der Waals surface area contributed by atoms with E-state index in [1.54, 1.807) is 6.07 Å². The number of aromatic hydroxyl groups is 1. The summed E-state index contributed by atoms with van der Waals surface area (Å²) in [6, 6.07) is 4.40. The number of phenolic OH excluding ortho intramolecular Hbond substituents is 1. The van der Waals surface area contributed by atoms with Gasteiger partial charge in [0.1, 0.15) is 6.10 Å². The Balaban J connectivity index is 2.92. The van der Waals surface area contributed by atoms with Crippen LogP contribution >= 0.6 is 11.6 Å². The monoisotopic (exact) mass is 232 g/mol. The van der Waals surface area contributed by atoms with Crippen molar-refractivity contribution in [1.82, 2.24) is 0 Å². The van der Waals surface area contributed by atoms with Crippen LogP contribution in [0, 0.1) is 0 Å². The first kappa shape index (κ1) is 12.1. The number of phenols is 1. The molecule has 0 aliphatic heterocycles. The Labute approximate surface area is 92.7 Å². The second kappa shape index (κ2) is 5.21. The van der Waals surface area contributed by atoms with E-state index in [-0.39, 0.29) is 11.6 Å². The third kappa shape index (κ3) is 2.75. The number of aliphatic hydroxyl groups is 2. The molecule has 0 saturated carbocycles. The molecule has 1 aromatic rings. The normalized spacial score (nSPS) is 14.7. The van der Waals surface area contributed by atoms with Crippen LogP contribution in [0.2, 0.25) is 0 Å². The topological polar surface area (TPSA) is 69.9 Å². The quantitative estimate of drug-likeness (QED) is 0.679. The van der Waals surface area contributed by atoms with Gasteiger partial charge in [0.05, 0.1) is 19.1 Å². The zero-order valence-corrected chi connectivity index (χ0v) is 8.98. The second-order valence-electron chi connectivity index (χ2n) is 3.10. The highest BCUT2D eigenvalue weighted by Crippen LogP contribution is 2.29. The number of hydrogen-bond acceptors (Lipinski definition) is 4. The van der Waals surface area contributed by atoms with Crippen molar-refractivity contribution >= 4 is 11.6 Å². The van der Waals surface area contributed by atoms with Crippen LogP contribution in [0.1, 0.15) is 11.7 Å². The van der Waals surface area contributed by atoms with E-state index in [4.69, 9.17) is 16.3 Å². The largest absolute Gasteiger partial charge is 0.504 e. The van der Waals surface area contributed by atoms with Gasteiger partial charge in [0.15, 0.2) is 11.5 Å². The number of rotatable bonds is 4. The molecule has 1 aromatic carbocycles. The van der Waals surface area contributed by atoms with Crippen LogP contribution in [0.3, 0.4) is 0 Å². The number of hydrogen-bond donors (Lipinski definition) is 3. The summed E-state index contributed by atoms with van der Waals surface area (Å²) in [5.41, 5.74) is 0.390. The minimum Gasteiger partial charge on any atom is -0.504 e. The third-order valence-electron chi connectivity index (χ3n) is 2.07. The molecule has 2 unspecified atom stereocenters. The molecule has 84 valence electrons. The Kier molecular flexibility index (Phi) is 4.20. The van der Waals surface area contributed by atoms with E-state index in [9.17, 15) is 15.3 Å². The van der Waals surface area contributed by atoms with Crippen LogP contribution < -0.4 is 4.74 Å². The van der Waals surface area contributed by atoms with E-state index < -0.39 is 12.2 Å². The summed E-state index contributed by atoms with van der Waals surface area (Å²) in [4.78, 5) is 0. The smallest absolute Gasteiger partial charge is 0.160 e. The van der Waals surface area contributed by atoms with Crippen molar-refractivity contribution in [3.8, 4) is 11.5 Å². The van der Waals surface area contributed by atoms with Crippen LogP contribution in [0.15, 0.2) is 18.2 Å². The lowest BCUT2D eigenvalue weighted by molar-refractivity contribution is 0.0326. The summed E-state index contributed by atoms with van der Waals surface area (Å²) in [6.07, 6.45) is -2.17. The van der Waals surface area contributed by atoms with Gasteiger partial charge in [-0.15, -0.1) is 11.6 Å². The van der Waals surface area contributed by atoms with Crippen LogP contribution in [0.5, 0.6) is 11.5 Å². The van der Waals surface area contributed by atoms with Crippen molar-refractivity contribution in [2.75, 3.05) is 13.0 Å². The average molecular weight is 233 g/mol. The molecule has 15 heavy (non-hydrogen) atoms. The highest BCUT2D eigenvalue weighted by atomic mass is 35.5. The maximum atomic E-state index is 9.59. The van der Waals surface area contributed by atoms with Crippen LogP contribution in [0.4, 0.5) is 0 Å². The van der Waals surface area contributed by atoms with Gasteiger partial charge in [-0.25, -0.2) is 0 Å². The highest BCUT2D eigenvalue weighted by molar-refractivity contribution is 6.18. The Hall–Kier alpha value is -0.970. The summed E-state index contributed by atoms with van der Waals surface area (Å²) in [5, 5.41) is 28.3. The standard InChI is InChI=1S/C10H13ClO4/c1-15-9-3-2-6(4-7(9)12)10(14)8(13)5-11/h2-4,8,10,12-14H,5H2,1H3. The zero-order chi connectivity index (χ0) is 11.4. The molecular formula is C10H13ClO4. The van der Waals surface area contributed by atoms with E-state index in [2.05, 4.69) is 0 Å². The molecule has 0 bridgehead atoms. The fraction of sp³-hybridized carbons (Fsp3) is 0.400. The number of halogens is 1. The second-order valence-corrected chi connectivity index (χ2v) is 3.41. The van der Waals surface area contributed by atoms with Crippen molar-refractivity contribution < 1.29 is 20.1 Å². The molecule has 0 fully saturated rings. The van der Waals surface area contributed by atoms with Crippen molar-refractivity contribution in [3.05, 3.63) is 23.8 Å². The lowest BCUT2D eigenvalue weighted by Crippen LogP contribution is -2.19. The molecule has 0 saturated heterocycles. The molecule has 0 spiro atoms. The third-order valence-corrected chi connectivity index (χ3v) is 2.38. The van der Waals surface area contributed by atoms with Crippen LogP contribution in [-0.2, 0) is 0 Å². The zero-order valence-electron chi connectivity index (χ0n) is 8.22. The van der Waals surface area contributed by atoms with Crippen LogP contribution in [-0.4, -0.2) is 34.4 Å². The summed E-state index contributed by atoms with van der Waals surface area (Å²) in [6.45, 7) is 0. The Bertz CT molecular complexity index is 329. The van der Waals surface area contributed by atoms with E-state index in [1.165, 1.54) is 19.2 Å². The van der Waals surface area contributed by atoms with E-state index in [1.807, 2.05) is 0 Å². The SMILES string of the molecule is COc1ccc(C(O)C(O)CCl)cc1O. The van der Waals surface area contributed by atoms with Crippen molar-refractivity contribution in [2.45, 2.75) is 12.2 Å². The molecule has 2 atom stereocenters. The Morgan fingerprint density at radius 1 is 1.40 bits per heavy atom. The van der Waals surface area contributed by atoms with Gasteiger partial charge < -0.3 is 20.1 Å². The molecule has 4 nitrogen and oxygen atoms in total. The minimum absolute atomic E-state index is 0.0754. The predicted octanol–water partition coefficient (Wildman–Crippen LogP) is 1.03. The molecule has 3 N–H and O–H groups in total. The Morgan fingerprint density at radius 3 is 2.53 bits per heavy atom. The number of ether oxygens (including phenoxy) is 1. The van der Waals surface area contributed by atoms with Crippen molar-refractivity contribution in [1.29, 1.82) is 0 Å². The first-order valence-electron chi connectivity index (χ1n) is 4.39. The average Bonchev–Trinajstić information content (AvgIpc) is 2.26. The fourth-order valence-electron chi connectivity index (χ4n) is 1.20. The van der Waals surface area contributed by atoms with Crippen molar-refractivity contribution in [3.63, 3.8) is 0 Å². The summed E-state index contributed by atoms with van der Waals surface area (Å²) < 4.78 is 4.85. The van der Waals surface area contributed by atoms with Gasteiger partial charge in [0.2, 0.25) is 0 Å². The molecular weight excluding hydrogens is 220 g/mol. The lowest BCUT2D eigenvalue weighted by atomic mass is 10.0. The molecule has 0 aliphatic rings. The van der Waals surface area contributed by atoms with Gasteiger partial charge in [0.25, 0.3) is 0 Å². The maximum absolute atomic E-state index is 9.59. The number of alkyl halides is 1. The van der Waals surface area contributed by atoms with Gasteiger partial charge >= 0.3 is 0 Å². The van der Waals surface area contributed by atoms with E-state index in [0.29, 0.717) is 11.3 Å². The molecule has 0 aliphatic carbocycles. The van der Waals surface area contributed by atoms with Gasteiger partial charge in [-0.2, -0.15) is 0 Å². The number of benzene rings is 1. The molecule has 0 radical (unpaired) electrons. The molecule has 0 heterocycles. The van der Waals surface area contributed by atoms with Gasteiger partial charge in [-0.1, -0.05) is 6.07 Å². The van der Waals surface area contributed by atoms with E-state index in [0.717, 1.165) is 0 Å². The van der Waals surface area contributed by atoms with Crippen molar-refractivity contribution in [2.24, 2.45) is 0 Å². The maximum Gasteiger partial charge on any atom is 0.160 e. The lowest BCUT2D eigenvalue weighted by Gasteiger charge is -2.16. The molecule has 0 amide bonds. The fourth-order valence-corrected chi connectivity index (χ4v) is 1.37. The van der Waals surface area contributed by atoms with Crippen LogP contribution in [0.25, 0.3) is 0 Å². The van der Waals surface area contributed by atoms with Gasteiger partial charge in [-0.3, -0.25) is 0 Å². The minimum atomic E-state index is -1.11. The van der Waals surface area contributed by atoms with Gasteiger partial charge in [-0.05, 0) is 17.7 Å². The van der Waals surface area contributed by atoms with E-state index >= 15 is 0 Å². The molecule has 5 heteroatoms. The molecule has 0 aromatic heterocycles. The predicted molar refractivity (Wildman–Crippen MR) is 56.3 cm³/mol. The molecule has 1 rings (SSSR count). The summed E-state index contributed by atoms with van der Waals surface area (Å²) >= 11 is 5.40. The first-order valence-corrected chi connectivity index (χ1v) is 4.92. The Morgan fingerprint density at radius 2 is 2.07 bits per heavy atom. The van der Waals surface area contributed by atoms with Gasteiger partial charge in [0, 0.05) is 0 Å². The highest BCUT2D eigenvalue weighted by Gasteiger charge is 2.18. The number of aliphatic hydroxyl groups excluding tert-OH is 2. The number of methoxy groups -OCH3 is 1. The summed E-state index contributed by atoms with van der Waals surface area (Å²) in [7, 11) is 1.43. The summed E-state index contributed by atoms with van der Waals surface area (Å²) in [5.74, 6) is 0.149. The first-order chi connectivity index (χ1) is 7.10.